The summed E-state index contributed by atoms with van der Waals surface area (Å²) in [6.45, 7) is 7.03. The van der Waals surface area contributed by atoms with Crippen molar-refractivity contribution in [3.8, 4) is 5.75 Å². The van der Waals surface area contributed by atoms with E-state index in [0.29, 0.717) is 12.4 Å². The predicted octanol–water partition coefficient (Wildman–Crippen LogP) is 6.71. The summed E-state index contributed by atoms with van der Waals surface area (Å²) in [6, 6.07) is 28.2. The molecule has 1 amide bonds. The van der Waals surface area contributed by atoms with Crippen LogP contribution in [0, 0.1) is 6.92 Å². The van der Waals surface area contributed by atoms with Crippen molar-refractivity contribution < 1.29 is 14.3 Å². The van der Waals surface area contributed by atoms with Crippen molar-refractivity contribution in [2.75, 3.05) is 18.6 Å². The standard InChI is InChI=1S/C33H35N3O3/c1-5-25-14-10-11-23(2)33(25)36(24(3)21-38-4)32(37)20-35-30-16-9-8-15-29(30)34-31(35)22-39-28-18-17-26-12-6-7-13-27(26)19-28/h6-19,24H,5,20-22H2,1-4H3. The Morgan fingerprint density at radius 3 is 2.54 bits per heavy atom. The largest absolute Gasteiger partial charge is 0.486 e. The number of para-hydroxylation sites is 3. The maximum absolute atomic E-state index is 14.1. The monoisotopic (exact) mass is 521 g/mol. The Kier molecular flexibility index (Phi) is 7.94. The molecule has 0 saturated carbocycles. The Bertz CT molecular complexity index is 1610. The Balaban J connectivity index is 1.48. The Morgan fingerprint density at radius 1 is 0.974 bits per heavy atom. The molecule has 0 saturated heterocycles. The predicted molar refractivity (Wildman–Crippen MR) is 157 cm³/mol. The summed E-state index contributed by atoms with van der Waals surface area (Å²) in [7, 11) is 1.67. The molecule has 6 heteroatoms. The lowest BCUT2D eigenvalue weighted by Crippen LogP contribution is -2.44. The van der Waals surface area contributed by atoms with Gasteiger partial charge in [0.1, 0.15) is 24.7 Å². The fourth-order valence-corrected chi connectivity index (χ4v) is 5.28. The highest BCUT2D eigenvalue weighted by atomic mass is 16.5. The smallest absolute Gasteiger partial charge is 0.247 e. The van der Waals surface area contributed by atoms with E-state index in [2.05, 4.69) is 44.2 Å². The minimum Gasteiger partial charge on any atom is -0.486 e. The first kappa shape index (κ1) is 26.4. The Morgan fingerprint density at radius 2 is 1.74 bits per heavy atom. The van der Waals surface area contributed by atoms with E-state index in [1.165, 1.54) is 0 Å². The first-order chi connectivity index (χ1) is 19.0. The summed E-state index contributed by atoms with van der Waals surface area (Å²) < 4.78 is 13.7. The molecule has 0 bridgehead atoms. The lowest BCUT2D eigenvalue weighted by atomic mass is 10.0. The van der Waals surface area contributed by atoms with Crippen LogP contribution in [0.4, 0.5) is 5.69 Å². The number of nitrogens with zero attached hydrogens (tertiary/aromatic N) is 3. The number of aromatic nitrogens is 2. The number of anilines is 1. The molecule has 0 aliphatic carbocycles. The third kappa shape index (κ3) is 5.52. The van der Waals surface area contributed by atoms with Gasteiger partial charge in [0.2, 0.25) is 5.91 Å². The van der Waals surface area contributed by atoms with Crippen LogP contribution in [0.25, 0.3) is 21.8 Å². The summed E-state index contributed by atoms with van der Waals surface area (Å²) in [6.07, 6.45) is 0.833. The van der Waals surface area contributed by atoms with Crippen LogP contribution >= 0.6 is 0 Å². The van der Waals surface area contributed by atoms with E-state index in [9.17, 15) is 4.79 Å². The highest BCUT2D eigenvalue weighted by molar-refractivity contribution is 5.96. The molecule has 6 nitrogen and oxygen atoms in total. The molecule has 0 spiro atoms. The van der Waals surface area contributed by atoms with Gasteiger partial charge in [-0.25, -0.2) is 4.98 Å². The number of rotatable bonds is 10. The van der Waals surface area contributed by atoms with Gasteiger partial charge in [0.25, 0.3) is 0 Å². The van der Waals surface area contributed by atoms with Crippen molar-refractivity contribution in [2.45, 2.75) is 46.4 Å². The second-order valence-corrected chi connectivity index (χ2v) is 9.90. The van der Waals surface area contributed by atoms with Crippen molar-refractivity contribution in [1.29, 1.82) is 0 Å². The van der Waals surface area contributed by atoms with Crippen LogP contribution in [-0.2, 0) is 29.1 Å². The van der Waals surface area contributed by atoms with Crippen molar-refractivity contribution >= 4 is 33.4 Å². The van der Waals surface area contributed by atoms with Crippen LogP contribution in [0.5, 0.6) is 5.75 Å². The second-order valence-electron chi connectivity index (χ2n) is 9.90. The normalized spacial score (nSPS) is 12.1. The molecule has 1 aromatic heterocycles. The number of hydrogen-bond acceptors (Lipinski definition) is 4. The van der Waals surface area contributed by atoms with Crippen LogP contribution in [-0.4, -0.2) is 35.2 Å². The minimum atomic E-state index is -0.138. The maximum atomic E-state index is 14.1. The molecular formula is C33H35N3O3. The van der Waals surface area contributed by atoms with Crippen LogP contribution in [0.3, 0.4) is 0 Å². The van der Waals surface area contributed by atoms with Crippen molar-refractivity contribution in [3.05, 3.63) is 102 Å². The average molecular weight is 522 g/mol. The van der Waals surface area contributed by atoms with E-state index in [0.717, 1.165) is 50.8 Å². The number of carbonyl (C=O) groups is 1. The minimum absolute atomic E-state index is 0.0151. The average Bonchev–Trinajstić information content (AvgIpc) is 3.30. The van der Waals surface area contributed by atoms with Gasteiger partial charge < -0.3 is 18.9 Å². The number of hydrogen-bond donors (Lipinski definition) is 0. The molecule has 1 heterocycles. The van der Waals surface area contributed by atoms with Crippen LogP contribution in [0.1, 0.15) is 30.8 Å². The molecule has 4 aromatic carbocycles. The van der Waals surface area contributed by atoms with Crippen molar-refractivity contribution in [2.24, 2.45) is 0 Å². The summed E-state index contributed by atoms with van der Waals surface area (Å²) in [4.78, 5) is 20.9. The van der Waals surface area contributed by atoms with E-state index in [-0.39, 0.29) is 25.1 Å². The number of ether oxygens (including phenoxy) is 2. The molecule has 1 unspecified atom stereocenters. The quantitative estimate of drug-likeness (QED) is 0.205. The van der Waals surface area contributed by atoms with Gasteiger partial charge in [-0.2, -0.15) is 0 Å². The van der Waals surface area contributed by atoms with Gasteiger partial charge in [0, 0.05) is 7.11 Å². The molecule has 0 N–H and O–H groups in total. The van der Waals surface area contributed by atoms with Crippen LogP contribution in [0.15, 0.2) is 84.9 Å². The zero-order valence-corrected chi connectivity index (χ0v) is 23.1. The zero-order valence-electron chi connectivity index (χ0n) is 23.1. The number of aryl methyl sites for hydroxylation is 2. The number of methoxy groups -OCH3 is 1. The summed E-state index contributed by atoms with van der Waals surface area (Å²) in [5, 5.41) is 2.28. The van der Waals surface area contributed by atoms with Crippen LogP contribution < -0.4 is 9.64 Å². The van der Waals surface area contributed by atoms with Gasteiger partial charge in [-0.15, -0.1) is 0 Å². The fraction of sp³-hybridized carbons (Fsp3) is 0.273. The highest BCUT2D eigenvalue weighted by Gasteiger charge is 2.27. The first-order valence-electron chi connectivity index (χ1n) is 13.5. The zero-order chi connectivity index (χ0) is 27.4. The van der Waals surface area contributed by atoms with Gasteiger partial charge in [-0.3, -0.25) is 4.79 Å². The van der Waals surface area contributed by atoms with Crippen LogP contribution in [0.2, 0.25) is 0 Å². The number of amides is 1. The third-order valence-electron chi connectivity index (χ3n) is 7.18. The molecule has 200 valence electrons. The van der Waals surface area contributed by atoms with E-state index < -0.39 is 0 Å². The molecule has 0 radical (unpaired) electrons. The molecule has 0 aliphatic rings. The third-order valence-corrected chi connectivity index (χ3v) is 7.18. The van der Waals surface area contributed by atoms with E-state index in [4.69, 9.17) is 14.5 Å². The number of benzene rings is 4. The lowest BCUT2D eigenvalue weighted by Gasteiger charge is -2.32. The lowest BCUT2D eigenvalue weighted by molar-refractivity contribution is -0.119. The molecule has 5 aromatic rings. The Hall–Kier alpha value is -4.16. The summed E-state index contributed by atoms with van der Waals surface area (Å²) >= 11 is 0. The van der Waals surface area contributed by atoms with Gasteiger partial charge >= 0.3 is 0 Å². The van der Waals surface area contributed by atoms with E-state index in [1.54, 1.807) is 7.11 Å². The molecule has 39 heavy (non-hydrogen) atoms. The topological polar surface area (TPSA) is 56.6 Å². The molecule has 0 fully saturated rings. The summed E-state index contributed by atoms with van der Waals surface area (Å²) in [5.41, 5.74) is 4.92. The molecule has 5 rings (SSSR count). The van der Waals surface area contributed by atoms with Crippen molar-refractivity contribution in [3.63, 3.8) is 0 Å². The van der Waals surface area contributed by atoms with Gasteiger partial charge in [-0.1, -0.05) is 67.6 Å². The van der Waals surface area contributed by atoms with Crippen molar-refractivity contribution in [1.82, 2.24) is 9.55 Å². The number of fused-ring (bicyclic) bond motifs is 2. The van der Waals surface area contributed by atoms with E-state index >= 15 is 0 Å². The number of carbonyl (C=O) groups excluding carboxylic acids is 1. The van der Waals surface area contributed by atoms with Gasteiger partial charge in [-0.05, 0) is 66.4 Å². The molecule has 0 aliphatic heterocycles. The molecule has 1 atom stereocenters. The SMILES string of the molecule is CCc1cccc(C)c1N(C(=O)Cn1c(COc2ccc3ccccc3c2)nc2ccccc21)C(C)COC. The maximum Gasteiger partial charge on any atom is 0.247 e. The molecular weight excluding hydrogens is 486 g/mol. The highest BCUT2D eigenvalue weighted by Crippen LogP contribution is 2.29. The Labute approximate surface area is 229 Å². The second kappa shape index (κ2) is 11.7. The van der Waals surface area contributed by atoms with Gasteiger partial charge in [0.15, 0.2) is 0 Å². The summed E-state index contributed by atoms with van der Waals surface area (Å²) in [5.74, 6) is 1.46. The first-order valence-corrected chi connectivity index (χ1v) is 13.5. The fourth-order valence-electron chi connectivity index (χ4n) is 5.28. The van der Waals surface area contributed by atoms with E-state index in [1.807, 2.05) is 71.0 Å². The number of imidazole rings is 1. The van der Waals surface area contributed by atoms with Gasteiger partial charge in [0.05, 0.1) is 29.4 Å².